The monoisotopic (exact) mass is 365 g/mol. The molecule has 4 rings (SSSR count). The third-order valence-electron chi connectivity index (χ3n) is 4.03. The van der Waals surface area contributed by atoms with Gasteiger partial charge in [0.15, 0.2) is 5.13 Å². The Hall–Kier alpha value is -3.13. The fourth-order valence-electron chi connectivity index (χ4n) is 2.68. The van der Waals surface area contributed by atoms with Crippen molar-refractivity contribution in [3.05, 3.63) is 52.9 Å². The van der Waals surface area contributed by atoms with Gasteiger partial charge in [0.2, 0.25) is 5.91 Å². The molecular formula is C18H15N5O2S. The van der Waals surface area contributed by atoms with Crippen LogP contribution in [0.1, 0.15) is 28.2 Å². The third-order valence-corrected chi connectivity index (χ3v) is 4.79. The lowest BCUT2D eigenvalue weighted by atomic mass is 9.99. The van der Waals surface area contributed by atoms with Crippen LogP contribution < -0.4 is 10.6 Å². The predicted octanol–water partition coefficient (Wildman–Crippen LogP) is 3.05. The molecule has 2 aromatic heterocycles. The highest BCUT2D eigenvalue weighted by atomic mass is 32.1. The molecule has 1 aliphatic rings. The van der Waals surface area contributed by atoms with Crippen molar-refractivity contribution >= 4 is 34.0 Å². The summed E-state index contributed by atoms with van der Waals surface area (Å²) in [7, 11) is 0. The maximum atomic E-state index is 12.2. The second kappa shape index (κ2) is 6.64. The molecule has 0 saturated heterocycles. The van der Waals surface area contributed by atoms with E-state index in [9.17, 15) is 9.59 Å². The van der Waals surface area contributed by atoms with Gasteiger partial charge in [0.25, 0.3) is 5.91 Å². The molecule has 0 bridgehead atoms. The van der Waals surface area contributed by atoms with Crippen molar-refractivity contribution in [3.63, 3.8) is 0 Å². The van der Waals surface area contributed by atoms with Gasteiger partial charge >= 0.3 is 0 Å². The Balaban J connectivity index is 1.52. The number of thiazole rings is 1. The van der Waals surface area contributed by atoms with Crippen LogP contribution in [0, 0.1) is 6.92 Å². The molecule has 0 unspecified atom stereocenters. The number of carbonyl (C=O) groups excluding carboxylic acids is 2. The lowest BCUT2D eigenvalue weighted by Crippen LogP contribution is -2.18. The molecule has 0 atom stereocenters. The van der Waals surface area contributed by atoms with Crippen molar-refractivity contribution < 1.29 is 9.59 Å². The average molecular weight is 365 g/mol. The number of amides is 2. The van der Waals surface area contributed by atoms with E-state index >= 15 is 0 Å². The average Bonchev–Trinajstić information content (AvgIpc) is 3.10. The smallest absolute Gasteiger partial charge is 0.277 e. The van der Waals surface area contributed by atoms with Crippen LogP contribution in [0.4, 0.5) is 10.8 Å². The van der Waals surface area contributed by atoms with E-state index in [1.807, 2.05) is 30.5 Å². The van der Waals surface area contributed by atoms with Gasteiger partial charge < -0.3 is 5.32 Å². The van der Waals surface area contributed by atoms with Gasteiger partial charge in [-0.15, -0.1) is 11.3 Å². The zero-order valence-electron chi connectivity index (χ0n) is 13.9. The van der Waals surface area contributed by atoms with E-state index in [0.29, 0.717) is 11.6 Å². The molecule has 2 amide bonds. The Morgan fingerprint density at radius 2 is 2.12 bits per heavy atom. The second-order valence-electron chi connectivity index (χ2n) is 5.96. The molecule has 0 radical (unpaired) electrons. The standard InChI is InChI=1S/C18H15N5O2S/c1-10-7-20-14(8-19-10)17(25)23-18-22-15(9-26-18)12-2-4-13-11(6-12)3-5-16(24)21-13/h2,4,6-9H,3,5H2,1H3,(H,21,24)(H,22,23,25). The lowest BCUT2D eigenvalue weighted by molar-refractivity contribution is -0.116. The first-order chi connectivity index (χ1) is 12.6. The highest BCUT2D eigenvalue weighted by molar-refractivity contribution is 7.14. The molecule has 0 saturated carbocycles. The molecule has 3 heterocycles. The summed E-state index contributed by atoms with van der Waals surface area (Å²) in [5.74, 6) is -0.297. The molecule has 130 valence electrons. The van der Waals surface area contributed by atoms with Crippen LogP contribution >= 0.6 is 11.3 Å². The van der Waals surface area contributed by atoms with Gasteiger partial charge in [-0.2, -0.15) is 0 Å². The van der Waals surface area contributed by atoms with Crippen molar-refractivity contribution in [2.75, 3.05) is 10.6 Å². The van der Waals surface area contributed by atoms with Crippen LogP contribution in [0.5, 0.6) is 0 Å². The topological polar surface area (TPSA) is 96.9 Å². The molecule has 1 aromatic carbocycles. The Kier molecular flexibility index (Phi) is 4.18. The number of rotatable bonds is 3. The number of benzene rings is 1. The summed E-state index contributed by atoms with van der Waals surface area (Å²) in [4.78, 5) is 36.3. The Bertz CT molecular complexity index is 997. The highest BCUT2D eigenvalue weighted by Crippen LogP contribution is 2.30. The third kappa shape index (κ3) is 3.31. The highest BCUT2D eigenvalue weighted by Gasteiger charge is 2.16. The van der Waals surface area contributed by atoms with Crippen LogP contribution in [0.2, 0.25) is 0 Å². The van der Waals surface area contributed by atoms with Crippen molar-refractivity contribution in [1.29, 1.82) is 0 Å². The molecule has 3 aromatic rings. The van der Waals surface area contributed by atoms with Crippen molar-refractivity contribution in [1.82, 2.24) is 15.0 Å². The lowest BCUT2D eigenvalue weighted by Gasteiger charge is -2.17. The van der Waals surface area contributed by atoms with E-state index in [-0.39, 0.29) is 17.5 Å². The van der Waals surface area contributed by atoms with E-state index < -0.39 is 0 Å². The van der Waals surface area contributed by atoms with Gasteiger partial charge in [-0.1, -0.05) is 6.07 Å². The molecule has 8 heteroatoms. The van der Waals surface area contributed by atoms with Gasteiger partial charge in [0.05, 0.1) is 17.6 Å². The number of carbonyl (C=O) groups is 2. The zero-order valence-corrected chi connectivity index (χ0v) is 14.8. The van der Waals surface area contributed by atoms with Crippen LogP contribution in [0.15, 0.2) is 36.0 Å². The van der Waals surface area contributed by atoms with Gasteiger partial charge in [0.1, 0.15) is 5.69 Å². The zero-order chi connectivity index (χ0) is 18.1. The number of nitrogens with one attached hydrogen (secondary N) is 2. The number of aromatic nitrogens is 3. The van der Waals surface area contributed by atoms with E-state index in [2.05, 4.69) is 25.6 Å². The van der Waals surface area contributed by atoms with Gasteiger partial charge in [-0.25, -0.2) is 9.97 Å². The fourth-order valence-corrected chi connectivity index (χ4v) is 3.39. The van der Waals surface area contributed by atoms with Crippen LogP contribution in [-0.2, 0) is 11.2 Å². The Labute approximate surface area is 153 Å². The Morgan fingerprint density at radius 3 is 2.92 bits per heavy atom. The summed E-state index contributed by atoms with van der Waals surface area (Å²) < 4.78 is 0. The van der Waals surface area contributed by atoms with Crippen LogP contribution in [0.25, 0.3) is 11.3 Å². The molecule has 7 nitrogen and oxygen atoms in total. The quantitative estimate of drug-likeness (QED) is 0.743. The number of hydrogen-bond donors (Lipinski definition) is 2. The minimum Gasteiger partial charge on any atom is -0.326 e. The SMILES string of the molecule is Cc1cnc(C(=O)Nc2nc(-c3ccc4c(c3)CCC(=O)N4)cs2)cn1. The fraction of sp³-hybridized carbons (Fsp3) is 0.167. The first-order valence-corrected chi connectivity index (χ1v) is 8.95. The van der Waals surface area contributed by atoms with E-state index in [0.717, 1.165) is 34.6 Å². The molecule has 0 spiro atoms. The van der Waals surface area contributed by atoms with Gasteiger partial charge in [0, 0.05) is 29.2 Å². The maximum Gasteiger partial charge on any atom is 0.277 e. The predicted molar refractivity (Wildman–Crippen MR) is 99.2 cm³/mol. The first-order valence-electron chi connectivity index (χ1n) is 8.07. The summed E-state index contributed by atoms with van der Waals surface area (Å²) in [6.45, 7) is 1.81. The summed E-state index contributed by atoms with van der Waals surface area (Å²) in [5, 5.41) is 8.00. The van der Waals surface area contributed by atoms with E-state index in [1.165, 1.54) is 17.5 Å². The second-order valence-corrected chi connectivity index (χ2v) is 6.81. The van der Waals surface area contributed by atoms with E-state index in [1.54, 1.807) is 6.20 Å². The summed E-state index contributed by atoms with van der Waals surface area (Å²) in [6, 6.07) is 5.83. The van der Waals surface area contributed by atoms with Crippen molar-refractivity contribution in [3.8, 4) is 11.3 Å². The summed E-state index contributed by atoms with van der Waals surface area (Å²) >= 11 is 1.35. The largest absolute Gasteiger partial charge is 0.326 e. The van der Waals surface area contributed by atoms with Crippen molar-refractivity contribution in [2.45, 2.75) is 19.8 Å². The number of hydrogen-bond acceptors (Lipinski definition) is 6. The van der Waals surface area contributed by atoms with Crippen molar-refractivity contribution in [2.24, 2.45) is 0 Å². The normalized spacial score (nSPS) is 13.0. The number of aryl methyl sites for hydroxylation is 2. The number of nitrogens with zero attached hydrogens (tertiary/aromatic N) is 3. The summed E-state index contributed by atoms with van der Waals surface area (Å²) in [5.41, 5.74) is 4.67. The molecule has 1 aliphatic heterocycles. The van der Waals surface area contributed by atoms with E-state index in [4.69, 9.17) is 0 Å². The minimum absolute atomic E-state index is 0.0445. The Morgan fingerprint density at radius 1 is 1.23 bits per heavy atom. The number of anilines is 2. The van der Waals surface area contributed by atoms with Gasteiger partial charge in [-0.05, 0) is 31.0 Å². The number of fused-ring (bicyclic) bond motifs is 1. The first kappa shape index (κ1) is 16.3. The van der Waals surface area contributed by atoms with Gasteiger partial charge in [-0.3, -0.25) is 19.9 Å². The molecular weight excluding hydrogens is 350 g/mol. The van der Waals surface area contributed by atoms with Crippen LogP contribution in [-0.4, -0.2) is 26.8 Å². The molecule has 0 fully saturated rings. The maximum absolute atomic E-state index is 12.2. The van der Waals surface area contributed by atoms with Crippen LogP contribution in [0.3, 0.4) is 0 Å². The molecule has 0 aliphatic carbocycles. The molecule has 26 heavy (non-hydrogen) atoms. The summed E-state index contributed by atoms with van der Waals surface area (Å²) in [6.07, 6.45) is 4.20. The minimum atomic E-state index is -0.341. The molecule has 2 N–H and O–H groups in total.